The molecule has 1 amide bonds. The maximum absolute atomic E-state index is 12.1. The molecule has 0 unspecified atom stereocenters. The van der Waals surface area contributed by atoms with Crippen molar-refractivity contribution in [2.75, 3.05) is 11.2 Å². The number of carbonyl (C=O) groups excluding carboxylic acids is 1. The Morgan fingerprint density at radius 2 is 2.19 bits per heavy atom. The summed E-state index contributed by atoms with van der Waals surface area (Å²) in [6.45, 7) is -3.02. The summed E-state index contributed by atoms with van der Waals surface area (Å²) in [6.07, 6.45) is 0. The van der Waals surface area contributed by atoms with Gasteiger partial charge in [-0.15, -0.1) is 11.6 Å². The van der Waals surface area contributed by atoms with E-state index in [0.29, 0.717) is 0 Å². The van der Waals surface area contributed by atoms with Crippen molar-refractivity contribution in [2.24, 2.45) is 0 Å². The minimum Gasteiger partial charge on any atom is -0.431 e. The Labute approximate surface area is 100 Å². The van der Waals surface area contributed by atoms with Crippen molar-refractivity contribution in [1.82, 2.24) is 0 Å². The summed E-state index contributed by atoms with van der Waals surface area (Å²) in [4.78, 5) is 11.0. The molecule has 0 atom stereocenters. The first-order valence-electron chi connectivity index (χ1n) is 4.13. The first kappa shape index (κ1) is 13.0. The van der Waals surface area contributed by atoms with Gasteiger partial charge in [0, 0.05) is 0 Å². The smallest absolute Gasteiger partial charge is 0.387 e. The van der Waals surface area contributed by atoms with Crippen molar-refractivity contribution in [2.45, 2.75) is 6.61 Å². The van der Waals surface area contributed by atoms with E-state index in [1.165, 1.54) is 18.2 Å². The van der Waals surface area contributed by atoms with Crippen LogP contribution in [0.2, 0.25) is 5.02 Å². The van der Waals surface area contributed by atoms with E-state index < -0.39 is 12.5 Å². The predicted octanol–water partition coefficient (Wildman–Crippen LogP) is 3.12. The van der Waals surface area contributed by atoms with Crippen molar-refractivity contribution in [3.05, 3.63) is 23.2 Å². The van der Waals surface area contributed by atoms with Gasteiger partial charge in [-0.2, -0.15) is 8.78 Å². The van der Waals surface area contributed by atoms with Gasteiger partial charge in [-0.25, -0.2) is 0 Å². The van der Waals surface area contributed by atoms with Gasteiger partial charge < -0.3 is 10.1 Å². The Balaban J connectivity index is 2.98. The molecule has 88 valence electrons. The first-order chi connectivity index (χ1) is 7.54. The molecule has 1 N–H and O–H groups in total. The van der Waals surface area contributed by atoms with Crippen molar-refractivity contribution < 1.29 is 18.3 Å². The van der Waals surface area contributed by atoms with E-state index in [9.17, 15) is 13.6 Å². The molecule has 1 aromatic carbocycles. The van der Waals surface area contributed by atoms with Crippen LogP contribution in [0.15, 0.2) is 18.2 Å². The molecule has 3 nitrogen and oxygen atoms in total. The number of anilines is 1. The van der Waals surface area contributed by atoms with Gasteiger partial charge in [0.05, 0.1) is 10.7 Å². The Morgan fingerprint density at radius 3 is 2.75 bits per heavy atom. The van der Waals surface area contributed by atoms with E-state index in [-0.39, 0.29) is 22.3 Å². The standard InChI is InChI=1S/C9H7Cl2F2NO2/c10-4-7(15)14-6-3-1-2-5(11)8(6)16-9(12)13/h1-3,9H,4H2,(H,14,15). The van der Waals surface area contributed by atoms with Crippen LogP contribution < -0.4 is 10.1 Å². The lowest BCUT2D eigenvalue weighted by Gasteiger charge is -2.12. The van der Waals surface area contributed by atoms with Gasteiger partial charge in [0.25, 0.3) is 0 Å². The van der Waals surface area contributed by atoms with Crippen LogP contribution in [0, 0.1) is 0 Å². The average molecular weight is 270 g/mol. The zero-order chi connectivity index (χ0) is 12.1. The topological polar surface area (TPSA) is 38.3 Å². The number of amides is 1. The Hall–Kier alpha value is -1.07. The van der Waals surface area contributed by atoms with Crippen LogP contribution in [0.25, 0.3) is 0 Å². The number of hydrogen-bond acceptors (Lipinski definition) is 2. The highest BCUT2D eigenvalue weighted by molar-refractivity contribution is 6.33. The second kappa shape index (κ2) is 5.86. The molecule has 0 fully saturated rings. The fourth-order valence-electron chi connectivity index (χ4n) is 1.000. The number of alkyl halides is 3. The predicted molar refractivity (Wildman–Crippen MR) is 57.4 cm³/mol. The summed E-state index contributed by atoms with van der Waals surface area (Å²) in [6, 6.07) is 4.24. The highest BCUT2D eigenvalue weighted by atomic mass is 35.5. The van der Waals surface area contributed by atoms with Gasteiger partial charge in [-0.1, -0.05) is 17.7 Å². The second-order valence-electron chi connectivity index (χ2n) is 2.68. The molecule has 0 radical (unpaired) electrons. The number of ether oxygens (including phenoxy) is 1. The molecular weight excluding hydrogens is 263 g/mol. The fourth-order valence-corrected chi connectivity index (χ4v) is 1.29. The van der Waals surface area contributed by atoms with Crippen LogP contribution in [0.5, 0.6) is 5.75 Å². The summed E-state index contributed by atoms with van der Waals surface area (Å²) in [5.41, 5.74) is 0.0541. The minimum absolute atomic E-state index is 0.0207. The highest BCUT2D eigenvalue weighted by Gasteiger charge is 2.14. The largest absolute Gasteiger partial charge is 0.431 e. The van der Waals surface area contributed by atoms with Crippen LogP contribution in [0.3, 0.4) is 0 Å². The van der Waals surface area contributed by atoms with E-state index in [2.05, 4.69) is 10.1 Å². The zero-order valence-electron chi connectivity index (χ0n) is 7.84. The number of hydrogen-bond donors (Lipinski definition) is 1. The van der Waals surface area contributed by atoms with Gasteiger partial charge >= 0.3 is 6.61 Å². The van der Waals surface area contributed by atoms with E-state index in [0.717, 1.165) is 0 Å². The van der Waals surface area contributed by atoms with Crippen LogP contribution in [0.1, 0.15) is 0 Å². The SMILES string of the molecule is O=C(CCl)Nc1cccc(Cl)c1OC(F)F. The summed E-state index contributed by atoms with van der Waals surface area (Å²) in [7, 11) is 0. The van der Waals surface area contributed by atoms with Crippen LogP contribution >= 0.6 is 23.2 Å². The van der Waals surface area contributed by atoms with Crippen LogP contribution in [-0.2, 0) is 4.79 Å². The van der Waals surface area contributed by atoms with Crippen molar-refractivity contribution in [3.63, 3.8) is 0 Å². The van der Waals surface area contributed by atoms with Crippen LogP contribution in [0.4, 0.5) is 14.5 Å². The first-order valence-corrected chi connectivity index (χ1v) is 5.05. The van der Waals surface area contributed by atoms with Crippen LogP contribution in [-0.4, -0.2) is 18.4 Å². The van der Waals surface area contributed by atoms with Gasteiger partial charge in [0.15, 0.2) is 5.75 Å². The van der Waals surface area contributed by atoms with E-state index in [1.54, 1.807) is 0 Å². The maximum atomic E-state index is 12.1. The number of carbonyl (C=O) groups is 1. The quantitative estimate of drug-likeness (QED) is 0.853. The summed E-state index contributed by atoms with van der Waals surface area (Å²) >= 11 is 10.9. The lowest BCUT2D eigenvalue weighted by atomic mass is 10.3. The third-order valence-electron chi connectivity index (χ3n) is 1.57. The third kappa shape index (κ3) is 3.50. The molecule has 0 saturated heterocycles. The Morgan fingerprint density at radius 1 is 1.50 bits per heavy atom. The average Bonchev–Trinajstić information content (AvgIpc) is 2.22. The summed E-state index contributed by atoms with van der Waals surface area (Å²) in [5, 5.41) is 2.27. The van der Waals surface area contributed by atoms with E-state index in [1.807, 2.05) is 0 Å². The number of halogens is 4. The molecule has 0 saturated carbocycles. The molecule has 0 aliphatic heterocycles. The fraction of sp³-hybridized carbons (Fsp3) is 0.222. The Kier molecular flexibility index (Phi) is 4.76. The third-order valence-corrected chi connectivity index (χ3v) is 2.11. The second-order valence-corrected chi connectivity index (χ2v) is 3.35. The highest BCUT2D eigenvalue weighted by Crippen LogP contribution is 2.34. The summed E-state index contributed by atoms with van der Waals surface area (Å²) < 4.78 is 28.4. The van der Waals surface area contributed by atoms with E-state index in [4.69, 9.17) is 23.2 Å². The molecule has 0 bridgehead atoms. The molecule has 0 aliphatic carbocycles. The Bertz CT molecular complexity index is 388. The molecule has 0 aromatic heterocycles. The molecule has 7 heteroatoms. The number of rotatable bonds is 4. The molecule has 0 spiro atoms. The maximum Gasteiger partial charge on any atom is 0.387 e. The minimum atomic E-state index is -3.02. The van der Waals surface area contributed by atoms with Crippen molar-refractivity contribution >= 4 is 34.8 Å². The zero-order valence-corrected chi connectivity index (χ0v) is 9.36. The molecular formula is C9H7Cl2F2NO2. The van der Waals surface area contributed by atoms with Gasteiger partial charge in [-0.05, 0) is 12.1 Å². The molecule has 16 heavy (non-hydrogen) atoms. The number of nitrogens with one attached hydrogen (secondary N) is 1. The van der Waals surface area contributed by atoms with Crippen molar-refractivity contribution in [1.29, 1.82) is 0 Å². The monoisotopic (exact) mass is 269 g/mol. The molecule has 0 aliphatic rings. The molecule has 1 rings (SSSR count). The van der Waals surface area contributed by atoms with Gasteiger partial charge in [0.2, 0.25) is 5.91 Å². The number of benzene rings is 1. The van der Waals surface area contributed by atoms with Gasteiger partial charge in [0.1, 0.15) is 5.88 Å². The lowest BCUT2D eigenvalue weighted by Crippen LogP contribution is -2.14. The molecule has 1 aromatic rings. The molecule has 0 heterocycles. The van der Waals surface area contributed by atoms with E-state index >= 15 is 0 Å². The van der Waals surface area contributed by atoms with Crippen molar-refractivity contribution in [3.8, 4) is 5.75 Å². The normalized spacial score (nSPS) is 10.3. The number of para-hydroxylation sites is 1. The lowest BCUT2D eigenvalue weighted by molar-refractivity contribution is -0.114. The summed E-state index contributed by atoms with van der Waals surface area (Å²) in [5.74, 6) is -1.11. The van der Waals surface area contributed by atoms with Gasteiger partial charge in [-0.3, -0.25) is 4.79 Å².